The summed E-state index contributed by atoms with van der Waals surface area (Å²) in [6, 6.07) is 49.0. The fourth-order valence-electron chi connectivity index (χ4n) is 6.54. The smallest absolute Gasteiger partial charge is 0.0802 e. The molecule has 210 valence electrons. The first-order valence-electron chi connectivity index (χ1n) is 15.0. The summed E-state index contributed by atoms with van der Waals surface area (Å²) in [5.74, 6) is 0. The Bertz CT molecular complexity index is 2710. The molecule has 1 nitrogen and oxygen atoms in total. The van der Waals surface area contributed by atoms with Gasteiger partial charge in [-0.25, -0.2) is 0 Å². The Kier molecular flexibility index (Phi) is 5.55. The maximum atomic E-state index is 4.81. The number of rotatable bonds is 3. The zero-order valence-corrected chi connectivity index (χ0v) is 26.4. The summed E-state index contributed by atoms with van der Waals surface area (Å²) >= 11 is 5.65. The lowest BCUT2D eigenvalue weighted by atomic mass is 9.98. The van der Waals surface area contributed by atoms with E-state index in [9.17, 15) is 0 Å². The van der Waals surface area contributed by atoms with Crippen molar-refractivity contribution in [3.63, 3.8) is 0 Å². The topological polar surface area (TPSA) is 12.9 Å². The maximum absolute atomic E-state index is 4.81. The highest BCUT2D eigenvalue weighted by atomic mass is 32.1. The first-order valence-corrected chi connectivity index (χ1v) is 17.5. The molecule has 0 radical (unpaired) electrons. The van der Waals surface area contributed by atoms with Gasteiger partial charge in [-0.05, 0) is 92.2 Å². The molecule has 0 unspecified atom stereocenters. The first kappa shape index (κ1) is 25.5. The number of aromatic nitrogens is 1. The van der Waals surface area contributed by atoms with Crippen LogP contribution in [0, 0.1) is 0 Å². The quantitative estimate of drug-likeness (QED) is 0.190. The van der Waals surface area contributed by atoms with Crippen molar-refractivity contribution in [3.05, 3.63) is 140 Å². The molecule has 10 aromatic rings. The van der Waals surface area contributed by atoms with E-state index in [4.69, 9.17) is 4.98 Å². The third-order valence-electron chi connectivity index (χ3n) is 8.90. The van der Waals surface area contributed by atoms with Crippen LogP contribution in [-0.2, 0) is 0 Å². The average molecular weight is 626 g/mol. The van der Waals surface area contributed by atoms with Gasteiger partial charge in [0.25, 0.3) is 0 Å². The van der Waals surface area contributed by atoms with Crippen molar-refractivity contribution in [2.45, 2.75) is 0 Å². The molecule has 0 aliphatic heterocycles. The Hall–Kier alpha value is -4.87. The molecule has 0 amide bonds. The monoisotopic (exact) mass is 625 g/mol. The van der Waals surface area contributed by atoms with E-state index in [1.807, 2.05) is 28.9 Å². The lowest BCUT2D eigenvalue weighted by Gasteiger charge is -2.07. The minimum atomic E-state index is 1.02. The van der Waals surface area contributed by atoms with Gasteiger partial charge in [0.05, 0.1) is 20.0 Å². The number of pyridine rings is 1. The van der Waals surface area contributed by atoms with Gasteiger partial charge in [-0.3, -0.25) is 4.98 Å². The summed E-state index contributed by atoms with van der Waals surface area (Å²) in [4.78, 5) is 6.02. The van der Waals surface area contributed by atoms with Gasteiger partial charge in [-0.15, -0.1) is 34.0 Å². The normalized spacial score (nSPS) is 12.0. The second-order valence-electron chi connectivity index (χ2n) is 11.6. The molecule has 6 aromatic carbocycles. The van der Waals surface area contributed by atoms with Gasteiger partial charge < -0.3 is 0 Å². The minimum Gasteiger partial charge on any atom is -0.255 e. The van der Waals surface area contributed by atoms with Gasteiger partial charge in [0.15, 0.2) is 0 Å². The van der Waals surface area contributed by atoms with E-state index in [2.05, 4.69) is 133 Å². The summed E-state index contributed by atoms with van der Waals surface area (Å²) in [7, 11) is 0. The standard InChI is InChI=1S/C41H23NS3/c1-2-6-27-20-37-33(18-26(27)5-1)40-41(44-37)34-19-29-14-13-28(17-32(29)22-38(34)45-40)24-9-11-25(12-10-24)31-15-16-35(42-23-31)39-21-30-7-3-4-8-36(30)43-39/h1-23H. The molecule has 0 fully saturated rings. The Balaban J connectivity index is 0.972. The third-order valence-corrected chi connectivity index (χ3v) is 12.5. The van der Waals surface area contributed by atoms with Gasteiger partial charge in [0.2, 0.25) is 0 Å². The largest absolute Gasteiger partial charge is 0.255 e. The lowest BCUT2D eigenvalue weighted by Crippen LogP contribution is -1.84. The SMILES string of the molecule is c1ccc2cc3c(cc2c1)sc1c2cc4ccc(-c5ccc(-c6ccc(-c7cc8ccccc8s7)nc6)cc5)cc4cc2sc31. The molecule has 0 atom stereocenters. The van der Waals surface area contributed by atoms with Crippen molar-refractivity contribution < 1.29 is 0 Å². The second kappa shape index (κ2) is 9.82. The predicted octanol–water partition coefficient (Wildman–Crippen LogP) is 13.2. The van der Waals surface area contributed by atoms with E-state index < -0.39 is 0 Å². The Morgan fingerprint density at radius 1 is 0.378 bits per heavy atom. The first-order chi connectivity index (χ1) is 22.2. The molecule has 0 saturated carbocycles. The molecule has 0 spiro atoms. The summed E-state index contributed by atoms with van der Waals surface area (Å²) < 4.78 is 6.85. The maximum Gasteiger partial charge on any atom is 0.0802 e. The highest BCUT2D eigenvalue weighted by Gasteiger charge is 2.14. The predicted molar refractivity (Wildman–Crippen MR) is 199 cm³/mol. The molecule has 0 aliphatic carbocycles. The minimum absolute atomic E-state index is 1.02. The van der Waals surface area contributed by atoms with Crippen LogP contribution in [0.1, 0.15) is 0 Å². The molecule has 0 aliphatic rings. The zero-order valence-electron chi connectivity index (χ0n) is 24.0. The van der Waals surface area contributed by atoms with Gasteiger partial charge in [-0.1, -0.05) is 84.9 Å². The zero-order chi connectivity index (χ0) is 29.5. The van der Waals surface area contributed by atoms with E-state index >= 15 is 0 Å². The fraction of sp³-hybridized carbons (Fsp3) is 0. The van der Waals surface area contributed by atoms with Crippen molar-refractivity contribution in [2.75, 3.05) is 0 Å². The van der Waals surface area contributed by atoms with Crippen LogP contribution in [0.4, 0.5) is 0 Å². The van der Waals surface area contributed by atoms with Gasteiger partial charge in [0.1, 0.15) is 0 Å². The van der Waals surface area contributed by atoms with Crippen molar-refractivity contribution >= 4 is 95.2 Å². The van der Waals surface area contributed by atoms with Crippen molar-refractivity contribution in [3.8, 4) is 32.8 Å². The highest BCUT2D eigenvalue weighted by Crippen LogP contribution is 2.46. The molecule has 0 saturated heterocycles. The lowest BCUT2D eigenvalue weighted by molar-refractivity contribution is 1.34. The molecular weight excluding hydrogens is 603 g/mol. The van der Waals surface area contributed by atoms with Gasteiger partial charge >= 0.3 is 0 Å². The van der Waals surface area contributed by atoms with E-state index in [-0.39, 0.29) is 0 Å². The van der Waals surface area contributed by atoms with Gasteiger partial charge in [-0.2, -0.15) is 0 Å². The van der Waals surface area contributed by atoms with Crippen LogP contribution >= 0.6 is 34.0 Å². The Labute approximate surface area is 271 Å². The van der Waals surface area contributed by atoms with Gasteiger partial charge in [0, 0.05) is 36.6 Å². The molecule has 4 heterocycles. The van der Waals surface area contributed by atoms with Crippen molar-refractivity contribution in [1.29, 1.82) is 0 Å². The van der Waals surface area contributed by atoms with E-state index in [1.54, 1.807) is 11.3 Å². The van der Waals surface area contributed by atoms with Crippen LogP contribution in [0.3, 0.4) is 0 Å². The van der Waals surface area contributed by atoms with Crippen molar-refractivity contribution in [2.24, 2.45) is 0 Å². The summed E-state index contributed by atoms with van der Waals surface area (Å²) in [6.07, 6.45) is 1.99. The fourth-order valence-corrected chi connectivity index (χ4v) is 10.3. The molecule has 0 bridgehead atoms. The Morgan fingerprint density at radius 2 is 0.956 bits per heavy atom. The molecular formula is C41H23NS3. The Morgan fingerprint density at radius 3 is 1.64 bits per heavy atom. The van der Waals surface area contributed by atoms with Crippen LogP contribution in [-0.4, -0.2) is 4.98 Å². The highest BCUT2D eigenvalue weighted by molar-refractivity contribution is 7.36. The number of hydrogen-bond acceptors (Lipinski definition) is 4. The summed E-state index contributed by atoms with van der Waals surface area (Å²) in [5.41, 5.74) is 5.79. The van der Waals surface area contributed by atoms with Crippen LogP contribution in [0.15, 0.2) is 140 Å². The van der Waals surface area contributed by atoms with Crippen LogP contribution in [0.5, 0.6) is 0 Å². The van der Waals surface area contributed by atoms with Crippen LogP contribution in [0.25, 0.3) is 94.0 Å². The number of fused-ring (bicyclic) bond motifs is 8. The van der Waals surface area contributed by atoms with Crippen molar-refractivity contribution in [1.82, 2.24) is 4.98 Å². The molecule has 4 aromatic heterocycles. The molecule has 45 heavy (non-hydrogen) atoms. The van der Waals surface area contributed by atoms with E-state index in [1.165, 1.54) is 82.8 Å². The average Bonchev–Trinajstić information content (AvgIpc) is 3.78. The van der Waals surface area contributed by atoms with E-state index in [0.717, 1.165) is 11.3 Å². The van der Waals surface area contributed by atoms with Crippen LogP contribution < -0.4 is 0 Å². The van der Waals surface area contributed by atoms with Crippen LogP contribution in [0.2, 0.25) is 0 Å². The second-order valence-corrected chi connectivity index (χ2v) is 14.8. The number of benzene rings is 6. The summed E-state index contributed by atoms with van der Waals surface area (Å²) in [5, 5.41) is 9.22. The number of hydrogen-bond donors (Lipinski definition) is 0. The molecule has 0 N–H and O–H groups in total. The van der Waals surface area contributed by atoms with E-state index in [0.29, 0.717) is 0 Å². The number of nitrogens with zero attached hydrogens (tertiary/aromatic N) is 1. The summed E-state index contributed by atoms with van der Waals surface area (Å²) in [6.45, 7) is 0. The molecule has 10 rings (SSSR count). The number of thiophene rings is 3. The third kappa shape index (κ3) is 4.14. The molecule has 4 heteroatoms.